The fourth-order valence-electron chi connectivity index (χ4n) is 1.17. The fraction of sp³-hybridized carbons (Fsp3) is 0.500. The van der Waals surface area contributed by atoms with Gasteiger partial charge in [0.05, 0.1) is 0 Å². The topological polar surface area (TPSA) is 12.4 Å². The first-order chi connectivity index (χ1) is 5.25. The van der Waals surface area contributed by atoms with Crippen molar-refractivity contribution in [3.8, 4) is 0 Å². The molecule has 1 nitrogen and oxygen atoms in total. The smallest absolute Gasteiger partial charge is 0.0301 e. The number of hydrogen-bond acceptors (Lipinski definition) is 1. The van der Waals surface area contributed by atoms with E-state index in [2.05, 4.69) is 25.4 Å². The van der Waals surface area contributed by atoms with Gasteiger partial charge in [-0.15, -0.1) is 0 Å². The lowest BCUT2D eigenvalue weighted by Gasteiger charge is -1.99. The van der Waals surface area contributed by atoms with Crippen LogP contribution in [-0.2, 0) is 0 Å². The largest absolute Gasteiger partial charge is 0.265 e. The molecule has 1 saturated carbocycles. The van der Waals surface area contributed by atoms with Gasteiger partial charge in [0.1, 0.15) is 0 Å². The van der Waals surface area contributed by atoms with E-state index in [1.165, 1.54) is 24.0 Å². The van der Waals surface area contributed by atoms with Crippen molar-refractivity contribution >= 4 is 6.21 Å². The van der Waals surface area contributed by atoms with Crippen molar-refractivity contribution in [2.45, 2.75) is 26.7 Å². The summed E-state index contributed by atoms with van der Waals surface area (Å²) in [6.45, 7) is 7.83. The van der Waals surface area contributed by atoms with Gasteiger partial charge in [-0.25, -0.2) is 0 Å². The van der Waals surface area contributed by atoms with Gasteiger partial charge < -0.3 is 0 Å². The summed E-state index contributed by atoms with van der Waals surface area (Å²) in [5.74, 6) is 0.795. The van der Waals surface area contributed by atoms with Gasteiger partial charge in [0.15, 0.2) is 0 Å². The number of hydrogen-bond donors (Lipinski definition) is 0. The molecule has 0 atom stereocenters. The predicted octanol–water partition coefficient (Wildman–Crippen LogP) is 2.95. The Bertz CT molecular complexity index is 203. The van der Waals surface area contributed by atoms with Gasteiger partial charge in [-0.3, -0.25) is 4.99 Å². The highest BCUT2D eigenvalue weighted by atomic mass is 14.7. The molecule has 0 aliphatic heterocycles. The van der Waals surface area contributed by atoms with Gasteiger partial charge in [-0.2, -0.15) is 0 Å². The minimum absolute atomic E-state index is 0.795. The molecule has 0 amide bonds. The van der Waals surface area contributed by atoms with Gasteiger partial charge in [0.25, 0.3) is 0 Å². The van der Waals surface area contributed by atoms with Gasteiger partial charge in [0, 0.05) is 12.4 Å². The Morgan fingerprint density at radius 2 is 2.09 bits per heavy atom. The van der Waals surface area contributed by atoms with E-state index >= 15 is 0 Å². The average Bonchev–Trinajstić information content (AvgIpc) is 2.71. The van der Waals surface area contributed by atoms with Crippen LogP contribution in [0, 0.1) is 5.92 Å². The second kappa shape index (κ2) is 3.51. The summed E-state index contributed by atoms with van der Waals surface area (Å²) in [6.07, 6.45) is 6.21. The molecule has 0 aromatic heterocycles. The minimum atomic E-state index is 0.795. The van der Waals surface area contributed by atoms with Crippen LogP contribution < -0.4 is 0 Å². The molecule has 1 fully saturated rings. The van der Waals surface area contributed by atoms with Gasteiger partial charge in [0.2, 0.25) is 0 Å². The average molecular weight is 149 g/mol. The highest BCUT2D eigenvalue weighted by molar-refractivity contribution is 5.81. The summed E-state index contributed by atoms with van der Waals surface area (Å²) >= 11 is 0. The maximum absolute atomic E-state index is 4.04. The van der Waals surface area contributed by atoms with Crippen LogP contribution in [0.25, 0.3) is 0 Å². The Balaban J connectivity index is 2.67. The van der Waals surface area contributed by atoms with Gasteiger partial charge in [-0.1, -0.05) is 12.2 Å². The van der Waals surface area contributed by atoms with E-state index in [4.69, 9.17) is 0 Å². The van der Waals surface area contributed by atoms with Crippen molar-refractivity contribution in [1.29, 1.82) is 0 Å². The lowest BCUT2D eigenvalue weighted by molar-refractivity contribution is 1.04. The van der Waals surface area contributed by atoms with Crippen LogP contribution in [0.2, 0.25) is 0 Å². The van der Waals surface area contributed by atoms with Crippen molar-refractivity contribution in [3.63, 3.8) is 0 Å². The van der Waals surface area contributed by atoms with E-state index in [9.17, 15) is 0 Å². The summed E-state index contributed by atoms with van der Waals surface area (Å²) in [7, 11) is 0. The molecule has 0 heterocycles. The van der Waals surface area contributed by atoms with Crippen LogP contribution in [0.15, 0.2) is 28.9 Å². The molecular formula is C10H15N. The third-order valence-corrected chi connectivity index (χ3v) is 1.91. The molecule has 0 saturated heterocycles. The standard InChI is InChI=1S/C10H15N/c1-4-11-7-10(8(2)3)9-5-6-9/h4,7,9H,1,5-6H2,2-3H3/b11-7-. The lowest BCUT2D eigenvalue weighted by atomic mass is 10.1. The molecule has 0 unspecified atom stereocenters. The molecular weight excluding hydrogens is 134 g/mol. The Hall–Kier alpha value is -0.850. The molecule has 0 N–H and O–H groups in total. The normalized spacial score (nSPS) is 16.9. The van der Waals surface area contributed by atoms with Crippen LogP contribution in [0.5, 0.6) is 0 Å². The second-order valence-electron chi connectivity index (χ2n) is 3.19. The lowest BCUT2D eigenvalue weighted by Crippen LogP contribution is -1.89. The maximum atomic E-state index is 4.04. The summed E-state index contributed by atoms with van der Waals surface area (Å²) in [5, 5.41) is 0. The summed E-state index contributed by atoms with van der Waals surface area (Å²) in [6, 6.07) is 0. The molecule has 1 heteroatoms. The zero-order valence-corrected chi connectivity index (χ0v) is 7.30. The molecule has 0 spiro atoms. The van der Waals surface area contributed by atoms with E-state index in [0.29, 0.717) is 0 Å². The van der Waals surface area contributed by atoms with Crippen LogP contribution in [-0.4, -0.2) is 6.21 Å². The van der Waals surface area contributed by atoms with E-state index in [0.717, 1.165) is 5.92 Å². The third kappa shape index (κ3) is 2.34. The number of rotatable bonds is 3. The molecule has 11 heavy (non-hydrogen) atoms. The summed E-state index contributed by atoms with van der Waals surface area (Å²) in [4.78, 5) is 4.04. The quantitative estimate of drug-likeness (QED) is 0.547. The molecule has 0 radical (unpaired) electrons. The zero-order chi connectivity index (χ0) is 8.27. The molecule has 60 valence electrons. The molecule has 0 aromatic rings. The summed E-state index contributed by atoms with van der Waals surface area (Å²) in [5.41, 5.74) is 2.79. The van der Waals surface area contributed by atoms with Gasteiger partial charge in [-0.05, 0) is 38.2 Å². The van der Waals surface area contributed by atoms with Crippen molar-refractivity contribution < 1.29 is 0 Å². The monoisotopic (exact) mass is 149 g/mol. The second-order valence-corrected chi connectivity index (χ2v) is 3.19. The number of aliphatic imine (C=N–C) groups is 1. The molecule has 1 aliphatic rings. The van der Waals surface area contributed by atoms with E-state index in [1.807, 2.05) is 6.21 Å². The Morgan fingerprint density at radius 3 is 2.45 bits per heavy atom. The Labute approximate surface area is 68.5 Å². The highest BCUT2D eigenvalue weighted by Crippen LogP contribution is 2.36. The van der Waals surface area contributed by atoms with Crippen LogP contribution in [0.1, 0.15) is 26.7 Å². The first-order valence-corrected chi connectivity index (χ1v) is 4.07. The fourth-order valence-corrected chi connectivity index (χ4v) is 1.17. The van der Waals surface area contributed by atoms with E-state index in [-0.39, 0.29) is 0 Å². The van der Waals surface area contributed by atoms with Crippen LogP contribution in [0.4, 0.5) is 0 Å². The van der Waals surface area contributed by atoms with E-state index in [1.54, 1.807) is 6.20 Å². The zero-order valence-electron chi connectivity index (χ0n) is 7.30. The maximum Gasteiger partial charge on any atom is 0.0301 e. The third-order valence-electron chi connectivity index (χ3n) is 1.91. The molecule has 0 bridgehead atoms. The van der Waals surface area contributed by atoms with Crippen LogP contribution in [0.3, 0.4) is 0 Å². The predicted molar refractivity (Wildman–Crippen MR) is 49.8 cm³/mol. The Morgan fingerprint density at radius 1 is 1.45 bits per heavy atom. The van der Waals surface area contributed by atoms with Crippen molar-refractivity contribution in [2.75, 3.05) is 0 Å². The number of nitrogens with zero attached hydrogens (tertiary/aromatic N) is 1. The molecule has 1 aliphatic carbocycles. The minimum Gasteiger partial charge on any atom is -0.265 e. The molecule has 0 aromatic carbocycles. The molecule has 1 rings (SSSR count). The first kappa shape index (κ1) is 8.25. The first-order valence-electron chi connectivity index (χ1n) is 4.07. The van der Waals surface area contributed by atoms with Crippen molar-refractivity contribution in [2.24, 2.45) is 10.9 Å². The summed E-state index contributed by atoms with van der Waals surface area (Å²) < 4.78 is 0. The van der Waals surface area contributed by atoms with Crippen LogP contribution >= 0.6 is 0 Å². The van der Waals surface area contributed by atoms with E-state index < -0.39 is 0 Å². The van der Waals surface area contributed by atoms with Gasteiger partial charge >= 0.3 is 0 Å². The van der Waals surface area contributed by atoms with Crippen molar-refractivity contribution in [3.05, 3.63) is 23.9 Å². The SMILES string of the molecule is C=C/N=C\C(=C(C)C)C1CC1. The highest BCUT2D eigenvalue weighted by Gasteiger charge is 2.25. The Kier molecular flexibility index (Phi) is 2.64. The number of allylic oxidation sites excluding steroid dienone is 2. The van der Waals surface area contributed by atoms with Crippen molar-refractivity contribution in [1.82, 2.24) is 0 Å².